The summed E-state index contributed by atoms with van der Waals surface area (Å²) < 4.78 is 5.03. The van der Waals surface area contributed by atoms with Gasteiger partial charge in [0.05, 0.1) is 6.42 Å². The maximum atomic E-state index is 11.4. The van der Waals surface area contributed by atoms with Gasteiger partial charge in [-0.05, 0) is 12.1 Å². The quantitative estimate of drug-likeness (QED) is 0.749. The van der Waals surface area contributed by atoms with Crippen molar-refractivity contribution in [1.29, 1.82) is 0 Å². The lowest BCUT2D eigenvalue weighted by Crippen LogP contribution is -2.28. The van der Waals surface area contributed by atoms with Gasteiger partial charge in [0, 0.05) is 5.39 Å². The van der Waals surface area contributed by atoms with Gasteiger partial charge in [-0.15, -0.1) is 0 Å². The molecular weight excluding hydrogens is 240 g/mol. The Morgan fingerprint density at radius 1 is 1.39 bits per heavy atom. The monoisotopic (exact) mass is 250 g/mol. The van der Waals surface area contributed by atoms with Gasteiger partial charge >= 0.3 is 5.97 Å². The molecule has 0 aliphatic rings. The van der Waals surface area contributed by atoms with Crippen LogP contribution in [0.15, 0.2) is 28.8 Å². The molecule has 0 atom stereocenters. The lowest BCUT2D eigenvalue weighted by molar-refractivity contribution is -0.149. The summed E-state index contributed by atoms with van der Waals surface area (Å²) in [5, 5.41) is 12.8. The van der Waals surface area contributed by atoms with E-state index in [9.17, 15) is 9.59 Å². The number of benzene rings is 1. The van der Waals surface area contributed by atoms with Crippen molar-refractivity contribution >= 4 is 22.8 Å². The van der Waals surface area contributed by atoms with Crippen molar-refractivity contribution in [1.82, 2.24) is 10.6 Å². The first-order valence-electron chi connectivity index (χ1n) is 5.12. The first kappa shape index (κ1) is 12.1. The Bertz CT molecular complexity index is 578. The summed E-state index contributed by atoms with van der Waals surface area (Å²) >= 11 is 0. The zero-order chi connectivity index (χ0) is 13.0. The van der Waals surface area contributed by atoms with Gasteiger partial charge in [0.2, 0.25) is 5.91 Å². The van der Waals surface area contributed by atoms with Gasteiger partial charge in [0.1, 0.15) is 5.69 Å². The van der Waals surface area contributed by atoms with Crippen LogP contribution in [0.3, 0.4) is 0 Å². The van der Waals surface area contributed by atoms with Crippen LogP contribution in [0, 0.1) is 0 Å². The number of carbonyl (C=O) groups excluding carboxylic acids is 1. The standard InChI is InChI=1S/C11H10N2O5/c14-10(13-17-6-11(15)16)5-8-7-3-1-2-4-9(7)18-12-8/h1-4H,5-6H2,(H,13,14)(H,15,16). The highest BCUT2D eigenvalue weighted by Crippen LogP contribution is 2.17. The Kier molecular flexibility index (Phi) is 3.54. The Hall–Kier alpha value is -2.41. The van der Waals surface area contributed by atoms with Gasteiger partial charge in [-0.3, -0.25) is 9.63 Å². The minimum atomic E-state index is -1.16. The van der Waals surface area contributed by atoms with Crippen molar-refractivity contribution in [3.8, 4) is 0 Å². The van der Waals surface area contributed by atoms with Gasteiger partial charge < -0.3 is 9.63 Å². The molecule has 2 rings (SSSR count). The van der Waals surface area contributed by atoms with Crippen LogP contribution in [0.5, 0.6) is 0 Å². The molecule has 7 nitrogen and oxygen atoms in total. The highest BCUT2D eigenvalue weighted by atomic mass is 16.7. The fraction of sp³-hybridized carbons (Fsp3) is 0.182. The van der Waals surface area contributed by atoms with Crippen molar-refractivity contribution in [3.05, 3.63) is 30.0 Å². The zero-order valence-electron chi connectivity index (χ0n) is 9.25. The lowest BCUT2D eigenvalue weighted by atomic mass is 10.2. The van der Waals surface area contributed by atoms with E-state index in [0.717, 1.165) is 5.39 Å². The predicted octanol–water partition coefficient (Wildman–Crippen LogP) is 0.503. The van der Waals surface area contributed by atoms with E-state index in [4.69, 9.17) is 9.63 Å². The van der Waals surface area contributed by atoms with Crippen LogP contribution in [0.25, 0.3) is 11.0 Å². The molecule has 1 aromatic carbocycles. The van der Waals surface area contributed by atoms with Gasteiger partial charge in [-0.25, -0.2) is 10.3 Å². The molecule has 2 aromatic rings. The number of carboxylic acid groups (broad SMARTS) is 1. The number of fused-ring (bicyclic) bond motifs is 1. The minimum absolute atomic E-state index is 0.0450. The van der Waals surface area contributed by atoms with Gasteiger partial charge in [0.25, 0.3) is 0 Å². The van der Waals surface area contributed by atoms with E-state index >= 15 is 0 Å². The molecule has 0 saturated heterocycles. The molecule has 1 heterocycles. The molecule has 0 bridgehead atoms. The summed E-state index contributed by atoms with van der Waals surface area (Å²) in [5.74, 6) is -1.66. The number of aromatic nitrogens is 1. The molecule has 1 amide bonds. The number of hydrogen-bond donors (Lipinski definition) is 2. The van der Waals surface area contributed by atoms with E-state index in [-0.39, 0.29) is 6.42 Å². The number of amides is 1. The average Bonchev–Trinajstić information content (AvgIpc) is 2.72. The Balaban J connectivity index is 1.97. The Morgan fingerprint density at radius 3 is 2.94 bits per heavy atom. The smallest absolute Gasteiger partial charge is 0.332 e. The van der Waals surface area contributed by atoms with E-state index in [1.807, 2.05) is 11.5 Å². The second kappa shape index (κ2) is 5.28. The van der Waals surface area contributed by atoms with Crippen LogP contribution >= 0.6 is 0 Å². The second-order valence-electron chi connectivity index (χ2n) is 3.51. The molecule has 2 N–H and O–H groups in total. The Labute approximate surface area is 101 Å². The molecule has 0 aliphatic heterocycles. The number of hydrogen-bond acceptors (Lipinski definition) is 5. The van der Waals surface area contributed by atoms with Gasteiger partial charge in [0.15, 0.2) is 12.2 Å². The van der Waals surface area contributed by atoms with Gasteiger partial charge in [-0.2, -0.15) is 0 Å². The van der Waals surface area contributed by atoms with Crippen LogP contribution in [0.2, 0.25) is 0 Å². The first-order valence-corrected chi connectivity index (χ1v) is 5.12. The molecule has 0 spiro atoms. The first-order chi connectivity index (χ1) is 8.66. The number of carbonyl (C=O) groups is 2. The van der Waals surface area contributed by atoms with Crippen molar-refractivity contribution in [3.63, 3.8) is 0 Å². The predicted molar refractivity (Wildman–Crippen MR) is 59.4 cm³/mol. The topological polar surface area (TPSA) is 102 Å². The average molecular weight is 250 g/mol. The zero-order valence-corrected chi connectivity index (χ0v) is 9.25. The normalized spacial score (nSPS) is 10.4. The molecule has 0 saturated carbocycles. The third kappa shape index (κ3) is 2.83. The molecule has 0 unspecified atom stereocenters. The number of nitrogens with one attached hydrogen (secondary N) is 1. The van der Waals surface area contributed by atoms with E-state index < -0.39 is 18.5 Å². The minimum Gasteiger partial charge on any atom is -0.479 e. The number of hydroxylamine groups is 1. The molecule has 0 radical (unpaired) electrons. The van der Waals surface area contributed by atoms with Crippen LogP contribution in [-0.4, -0.2) is 28.7 Å². The van der Waals surface area contributed by atoms with Crippen molar-refractivity contribution < 1.29 is 24.1 Å². The molecule has 0 fully saturated rings. The van der Waals surface area contributed by atoms with Crippen LogP contribution < -0.4 is 5.48 Å². The van der Waals surface area contributed by atoms with Crippen molar-refractivity contribution in [2.45, 2.75) is 6.42 Å². The number of para-hydroxylation sites is 1. The molecular formula is C11H10N2O5. The summed E-state index contributed by atoms with van der Waals surface area (Å²) in [4.78, 5) is 26.1. The highest BCUT2D eigenvalue weighted by Gasteiger charge is 2.12. The molecule has 7 heteroatoms. The number of carboxylic acids is 1. The summed E-state index contributed by atoms with van der Waals surface area (Å²) in [7, 11) is 0. The molecule has 0 aliphatic carbocycles. The number of nitrogens with zero attached hydrogens (tertiary/aromatic N) is 1. The van der Waals surface area contributed by atoms with Crippen LogP contribution in [0.1, 0.15) is 5.69 Å². The largest absolute Gasteiger partial charge is 0.479 e. The summed E-state index contributed by atoms with van der Waals surface area (Å²) in [5.41, 5.74) is 3.08. The summed E-state index contributed by atoms with van der Waals surface area (Å²) in [6, 6.07) is 7.13. The number of rotatable bonds is 5. The SMILES string of the molecule is O=C(O)CONC(=O)Cc1noc2ccccc12. The van der Waals surface area contributed by atoms with Crippen LogP contribution in [-0.2, 0) is 20.8 Å². The molecule has 1 aromatic heterocycles. The van der Waals surface area contributed by atoms with E-state index in [2.05, 4.69) is 9.99 Å². The Morgan fingerprint density at radius 2 is 2.17 bits per heavy atom. The fourth-order valence-electron chi connectivity index (χ4n) is 1.43. The maximum absolute atomic E-state index is 11.4. The molecule has 18 heavy (non-hydrogen) atoms. The highest BCUT2D eigenvalue weighted by molar-refractivity contribution is 5.85. The second-order valence-corrected chi connectivity index (χ2v) is 3.51. The summed E-state index contributed by atoms with van der Waals surface area (Å²) in [6.07, 6.45) is -0.0450. The lowest BCUT2D eigenvalue weighted by Gasteiger charge is -2.01. The van der Waals surface area contributed by atoms with E-state index in [1.54, 1.807) is 18.2 Å². The third-order valence-electron chi connectivity index (χ3n) is 2.16. The van der Waals surface area contributed by atoms with Gasteiger partial charge in [-0.1, -0.05) is 17.3 Å². The van der Waals surface area contributed by atoms with Crippen molar-refractivity contribution in [2.75, 3.05) is 6.61 Å². The van der Waals surface area contributed by atoms with E-state index in [1.165, 1.54) is 0 Å². The van der Waals surface area contributed by atoms with E-state index in [0.29, 0.717) is 11.3 Å². The fourth-order valence-corrected chi connectivity index (χ4v) is 1.43. The number of aliphatic carboxylic acids is 1. The molecule has 94 valence electrons. The summed E-state index contributed by atoms with van der Waals surface area (Å²) in [6.45, 7) is -0.592. The maximum Gasteiger partial charge on any atom is 0.332 e. The third-order valence-corrected chi connectivity index (χ3v) is 2.16. The van der Waals surface area contributed by atoms with Crippen molar-refractivity contribution in [2.24, 2.45) is 0 Å². The van der Waals surface area contributed by atoms with Crippen LogP contribution in [0.4, 0.5) is 0 Å².